The Morgan fingerprint density at radius 1 is 1.08 bits per heavy atom. The lowest BCUT2D eigenvalue weighted by atomic mass is 10.2. The van der Waals surface area contributed by atoms with Crippen LogP contribution in [-0.2, 0) is 0 Å². The minimum absolute atomic E-state index is 0.175. The van der Waals surface area contributed by atoms with E-state index in [-0.39, 0.29) is 11.6 Å². The van der Waals surface area contributed by atoms with Crippen LogP contribution in [0.1, 0.15) is 10.5 Å². The number of nitrogens with one attached hydrogen (secondary N) is 1. The standard InChI is InChI=1S/C15H14N6O3/c1-23-12-5-3-10(7-13(12)24-2)18-15(22)11-4-6-14(20-19-11)21-9-16-8-17-21/h3-9H,1-2H3,(H,18,22). The molecule has 0 aliphatic carbocycles. The van der Waals surface area contributed by atoms with E-state index < -0.39 is 0 Å². The summed E-state index contributed by atoms with van der Waals surface area (Å²) in [5.74, 6) is 1.17. The number of carbonyl (C=O) groups excluding carboxylic acids is 1. The topological polar surface area (TPSA) is 104 Å². The Hall–Kier alpha value is -3.49. The molecule has 3 aromatic rings. The summed E-state index contributed by atoms with van der Waals surface area (Å²) >= 11 is 0. The van der Waals surface area contributed by atoms with Gasteiger partial charge in [0.05, 0.1) is 14.2 Å². The van der Waals surface area contributed by atoms with E-state index in [4.69, 9.17) is 9.47 Å². The molecule has 0 bridgehead atoms. The van der Waals surface area contributed by atoms with Gasteiger partial charge in [-0.1, -0.05) is 0 Å². The van der Waals surface area contributed by atoms with Crippen molar-refractivity contribution in [3.8, 4) is 17.3 Å². The van der Waals surface area contributed by atoms with Crippen LogP contribution in [0.4, 0.5) is 5.69 Å². The van der Waals surface area contributed by atoms with Crippen LogP contribution in [0, 0.1) is 0 Å². The van der Waals surface area contributed by atoms with Gasteiger partial charge in [-0.25, -0.2) is 9.67 Å². The third-order valence-electron chi connectivity index (χ3n) is 3.18. The van der Waals surface area contributed by atoms with Crippen molar-refractivity contribution in [2.75, 3.05) is 19.5 Å². The lowest BCUT2D eigenvalue weighted by Gasteiger charge is -2.10. The van der Waals surface area contributed by atoms with Crippen LogP contribution in [-0.4, -0.2) is 45.1 Å². The van der Waals surface area contributed by atoms with Crippen LogP contribution in [0.5, 0.6) is 11.5 Å². The number of hydrogen-bond acceptors (Lipinski definition) is 7. The SMILES string of the molecule is COc1ccc(NC(=O)c2ccc(-n3cncn3)nn2)cc1OC. The molecule has 0 atom stereocenters. The zero-order chi connectivity index (χ0) is 16.9. The largest absolute Gasteiger partial charge is 0.493 e. The van der Waals surface area contributed by atoms with Gasteiger partial charge in [-0.3, -0.25) is 4.79 Å². The normalized spacial score (nSPS) is 10.2. The molecule has 2 aromatic heterocycles. The summed E-state index contributed by atoms with van der Waals surface area (Å²) in [4.78, 5) is 16.1. The first-order valence-electron chi connectivity index (χ1n) is 6.93. The summed E-state index contributed by atoms with van der Waals surface area (Å²) in [7, 11) is 3.07. The second-order valence-electron chi connectivity index (χ2n) is 4.64. The number of nitrogens with zero attached hydrogens (tertiary/aromatic N) is 5. The van der Waals surface area contributed by atoms with E-state index in [1.165, 1.54) is 24.4 Å². The third kappa shape index (κ3) is 3.14. The fourth-order valence-electron chi connectivity index (χ4n) is 2.00. The van der Waals surface area contributed by atoms with Crippen LogP contribution in [0.25, 0.3) is 5.82 Å². The number of aromatic nitrogens is 5. The Morgan fingerprint density at radius 2 is 1.92 bits per heavy atom. The molecule has 1 aromatic carbocycles. The van der Waals surface area contributed by atoms with Gasteiger partial charge in [-0.05, 0) is 24.3 Å². The van der Waals surface area contributed by atoms with Crippen LogP contribution in [0.3, 0.4) is 0 Å². The highest BCUT2D eigenvalue weighted by Gasteiger charge is 2.11. The zero-order valence-electron chi connectivity index (χ0n) is 13.0. The Balaban J connectivity index is 1.75. The maximum Gasteiger partial charge on any atom is 0.276 e. The summed E-state index contributed by atoms with van der Waals surface area (Å²) < 4.78 is 11.8. The van der Waals surface area contributed by atoms with Crippen molar-refractivity contribution in [1.82, 2.24) is 25.0 Å². The van der Waals surface area contributed by atoms with E-state index in [9.17, 15) is 4.79 Å². The summed E-state index contributed by atoms with van der Waals surface area (Å²) in [5.41, 5.74) is 0.730. The summed E-state index contributed by atoms with van der Waals surface area (Å²) in [6.45, 7) is 0. The van der Waals surface area contributed by atoms with Crippen molar-refractivity contribution >= 4 is 11.6 Å². The molecule has 122 valence electrons. The fourth-order valence-corrected chi connectivity index (χ4v) is 2.00. The zero-order valence-corrected chi connectivity index (χ0v) is 13.0. The molecular formula is C15H14N6O3. The number of benzene rings is 1. The molecule has 0 spiro atoms. The Labute approximate surface area is 137 Å². The Bertz CT molecular complexity index is 833. The van der Waals surface area contributed by atoms with Gasteiger partial charge in [0.25, 0.3) is 5.91 Å². The van der Waals surface area contributed by atoms with E-state index in [2.05, 4.69) is 25.6 Å². The monoisotopic (exact) mass is 326 g/mol. The molecule has 3 rings (SSSR count). The van der Waals surface area contributed by atoms with Gasteiger partial charge in [0.2, 0.25) is 0 Å². The van der Waals surface area contributed by atoms with Crippen molar-refractivity contribution < 1.29 is 14.3 Å². The summed E-state index contributed by atoms with van der Waals surface area (Å²) in [6.07, 6.45) is 2.88. The number of ether oxygens (including phenoxy) is 2. The molecule has 0 saturated heterocycles. The lowest BCUT2D eigenvalue weighted by Crippen LogP contribution is -2.15. The van der Waals surface area contributed by atoms with Crippen molar-refractivity contribution in [1.29, 1.82) is 0 Å². The molecule has 0 aliphatic rings. The van der Waals surface area contributed by atoms with Crippen molar-refractivity contribution in [2.45, 2.75) is 0 Å². The van der Waals surface area contributed by atoms with Crippen molar-refractivity contribution in [2.24, 2.45) is 0 Å². The van der Waals surface area contributed by atoms with Gasteiger partial charge in [0, 0.05) is 11.8 Å². The molecule has 0 fully saturated rings. The molecule has 1 N–H and O–H groups in total. The smallest absolute Gasteiger partial charge is 0.276 e. The molecule has 0 radical (unpaired) electrons. The highest BCUT2D eigenvalue weighted by molar-refractivity contribution is 6.02. The Morgan fingerprint density at radius 3 is 2.54 bits per heavy atom. The molecule has 2 heterocycles. The Kier molecular flexibility index (Phi) is 4.32. The van der Waals surface area contributed by atoms with Crippen molar-refractivity contribution in [3.63, 3.8) is 0 Å². The van der Waals surface area contributed by atoms with E-state index in [0.29, 0.717) is 23.0 Å². The van der Waals surface area contributed by atoms with Crippen LogP contribution >= 0.6 is 0 Å². The van der Waals surface area contributed by atoms with Gasteiger partial charge >= 0.3 is 0 Å². The molecular weight excluding hydrogens is 312 g/mol. The first-order chi connectivity index (χ1) is 11.7. The maximum atomic E-state index is 12.2. The first kappa shape index (κ1) is 15.4. The minimum Gasteiger partial charge on any atom is -0.493 e. The average Bonchev–Trinajstić information content (AvgIpc) is 3.16. The number of rotatable bonds is 5. The first-order valence-corrected chi connectivity index (χ1v) is 6.93. The highest BCUT2D eigenvalue weighted by Crippen LogP contribution is 2.29. The average molecular weight is 326 g/mol. The predicted molar refractivity (Wildman–Crippen MR) is 84.4 cm³/mol. The predicted octanol–water partition coefficient (Wildman–Crippen LogP) is 1.33. The minimum atomic E-state index is -0.389. The molecule has 9 nitrogen and oxygen atoms in total. The number of hydrogen-bond donors (Lipinski definition) is 1. The van der Waals surface area contributed by atoms with E-state index in [1.807, 2.05) is 0 Å². The molecule has 1 amide bonds. The van der Waals surface area contributed by atoms with E-state index in [0.717, 1.165) is 0 Å². The van der Waals surface area contributed by atoms with Gasteiger partial charge in [0.1, 0.15) is 12.7 Å². The van der Waals surface area contributed by atoms with Gasteiger partial charge in [-0.2, -0.15) is 5.10 Å². The van der Waals surface area contributed by atoms with Crippen LogP contribution in [0.2, 0.25) is 0 Å². The number of methoxy groups -OCH3 is 2. The van der Waals surface area contributed by atoms with E-state index >= 15 is 0 Å². The second kappa shape index (κ2) is 6.73. The van der Waals surface area contributed by atoms with E-state index in [1.54, 1.807) is 37.4 Å². The number of amides is 1. The quantitative estimate of drug-likeness (QED) is 0.754. The third-order valence-corrected chi connectivity index (χ3v) is 3.18. The van der Waals surface area contributed by atoms with Crippen LogP contribution < -0.4 is 14.8 Å². The van der Waals surface area contributed by atoms with Gasteiger partial charge < -0.3 is 14.8 Å². The van der Waals surface area contributed by atoms with Crippen LogP contribution in [0.15, 0.2) is 43.0 Å². The van der Waals surface area contributed by atoms with Gasteiger partial charge in [0.15, 0.2) is 23.0 Å². The molecule has 0 aliphatic heterocycles. The number of anilines is 1. The van der Waals surface area contributed by atoms with Gasteiger partial charge in [-0.15, -0.1) is 10.2 Å². The molecule has 9 heteroatoms. The molecule has 24 heavy (non-hydrogen) atoms. The lowest BCUT2D eigenvalue weighted by molar-refractivity contribution is 0.102. The fraction of sp³-hybridized carbons (Fsp3) is 0.133. The van der Waals surface area contributed by atoms with Crippen molar-refractivity contribution in [3.05, 3.63) is 48.7 Å². The molecule has 0 unspecified atom stereocenters. The summed E-state index contributed by atoms with van der Waals surface area (Å²) in [6, 6.07) is 8.25. The highest BCUT2D eigenvalue weighted by atomic mass is 16.5. The second-order valence-corrected chi connectivity index (χ2v) is 4.64. The summed E-state index contributed by atoms with van der Waals surface area (Å²) in [5, 5.41) is 14.5. The molecule has 0 saturated carbocycles. The maximum absolute atomic E-state index is 12.2. The number of carbonyl (C=O) groups is 1.